The average Bonchev–Trinajstić information content (AvgIpc) is 2.71. The number of ether oxygens (including phenoxy) is 1. The first-order valence-corrected chi connectivity index (χ1v) is 4.94. The number of rotatable bonds is 0. The minimum absolute atomic E-state index is 0.339. The highest BCUT2D eigenvalue weighted by Crippen LogP contribution is 2.43. The van der Waals surface area contributed by atoms with Crippen molar-refractivity contribution in [2.24, 2.45) is 5.92 Å². The lowest BCUT2D eigenvalue weighted by atomic mass is 9.84. The summed E-state index contributed by atoms with van der Waals surface area (Å²) in [5, 5.41) is 0. The van der Waals surface area contributed by atoms with E-state index in [1.165, 1.54) is 11.1 Å². The zero-order chi connectivity index (χ0) is 9.71. The Bertz CT molecular complexity index is 401. The van der Waals surface area contributed by atoms with E-state index in [0.717, 1.165) is 25.7 Å². The molecule has 0 aromatic carbocycles. The second-order valence-corrected chi connectivity index (χ2v) is 3.99. The van der Waals surface area contributed by atoms with Gasteiger partial charge in [-0.1, -0.05) is 17.2 Å². The van der Waals surface area contributed by atoms with E-state index in [4.69, 9.17) is 0 Å². The molecule has 0 radical (unpaired) electrons. The van der Waals surface area contributed by atoms with Crippen molar-refractivity contribution in [2.75, 3.05) is 0 Å². The smallest absolute Gasteiger partial charge is 0.342 e. The summed E-state index contributed by atoms with van der Waals surface area (Å²) in [5.41, 5.74) is 3.10. The van der Waals surface area contributed by atoms with Gasteiger partial charge in [0.15, 0.2) is 0 Å². The third-order valence-corrected chi connectivity index (χ3v) is 3.27. The molecule has 0 spiro atoms. The van der Waals surface area contributed by atoms with Crippen LogP contribution in [0.3, 0.4) is 0 Å². The predicted octanol–water partition coefficient (Wildman–Crippen LogP) is 1.50. The van der Waals surface area contributed by atoms with Crippen LogP contribution in [-0.4, -0.2) is 11.9 Å². The molecule has 1 aliphatic heterocycles. The van der Waals surface area contributed by atoms with Crippen LogP contribution in [0.2, 0.25) is 0 Å². The molecule has 3 nitrogen and oxygen atoms in total. The first kappa shape index (κ1) is 7.97. The van der Waals surface area contributed by atoms with Crippen LogP contribution in [0.4, 0.5) is 0 Å². The molecule has 0 aromatic heterocycles. The van der Waals surface area contributed by atoms with E-state index in [-0.39, 0.29) is 11.9 Å². The molecular weight excluding hydrogens is 180 g/mol. The molecule has 3 rings (SSSR count). The van der Waals surface area contributed by atoms with Crippen molar-refractivity contribution in [1.29, 1.82) is 0 Å². The number of cyclic esters (lactones) is 2. The molecule has 72 valence electrons. The van der Waals surface area contributed by atoms with Gasteiger partial charge in [-0.05, 0) is 25.7 Å². The maximum absolute atomic E-state index is 11.4. The molecule has 1 unspecified atom stereocenters. The van der Waals surface area contributed by atoms with E-state index in [0.29, 0.717) is 5.57 Å². The minimum atomic E-state index is -0.432. The van der Waals surface area contributed by atoms with Crippen molar-refractivity contribution in [3.8, 4) is 0 Å². The summed E-state index contributed by atoms with van der Waals surface area (Å²) < 4.78 is 4.64. The molecule has 3 heteroatoms. The summed E-state index contributed by atoms with van der Waals surface area (Å²) in [6, 6.07) is 0. The van der Waals surface area contributed by atoms with Crippen molar-refractivity contribution < 1.29 is 14.3 Å². The van der Waals surface area contributed by atoms with Crippen molar-refractivity contribution in [2.45, 2.75) is 25.7 Å². The Morgan fingerprint density at radius 3 is 3.00 bits per heavy atom. The monoisotopic (exact) mass is 190 g/mol. The van der Waals surface area contributed by atoms with Crippen molar-refractivity contribution in [1.82, 2.24) is 0 Å². The van der Waals surface area contributed by atoms with Gasteiger partial charge in [-0.3, -0.25) is 4.79 Å². The maximum atomic E-state index is 11.4. The highest BCUT2D eigenvalue weighted by Gasteiger charge is 2.44. The van der Waals surface area contributed by atoms with Gasteiger partial charge in [-0.2, -0.15) is 0 Å². The second kappa shape index (κ2) is 2.56. The molecule has 1 saturated heterocycles. The molecule has 1 atom stereocenters. The third kappa shape index (κ3) is 0.870. The van der Waals surface area contributed by atoms with Gasteiger partial charge < -0.3 is 4.74 Å². The Morgan fingerprint density at radius 2 is 2.14 bits per heavy atom. The van der Waals surface area contributed by atoms with Gasteiger partial charge >= 0.3 is 11.9 Å². The van der Waals surface area contributed by atoms with E-state index in [2.05, 4.69) is 4.74 Å². The van der Waals surface area contributed by atoms with E-state index >= 15 is 0 Å². The van der Waals surface area contributed by atoms with Crippen LogP contribution in [0.25, 0.3) is 0 Å². The van der Waals surface area contributed by atoms with Gasteiger partial charge in [0, 0.05) is 0 Å². The molecule has 2 aliphatic carbocycles. The fourth-order valence-electron chi connectivity index (χ4n) is 2.63. The number of carbonyl (C=O) groups excluding carboxylic acids is 2. The van der Waals surface area contributed by atoms with E-state index in [1.807, 2.05) is 6.08 Å². The number of fused-ring (bicyclic) bond motifs is 2. The van der Waals surface area contributed by atoms with Gasteiger partial charge in [-0.25, -0.2) is 4.79 Å². The summed E-state index contributed by atoms with van der Waals surface area (Å²) >= 11 is 0. The van der Waals surface area contributed by atoms with Gasteiger partial charge in [0.1, 0.15) is 5.92 Å². The molecule has 0 saturated carbocycles. The van der Waals surface area contributed by atoms with E-state index in [1.54, 1.807) is 0 Å². The first-order valence-electron chi connectivity index (χ1n) is 4.94. The number of hydrogen-bond donors (Lipinski definition) is 0. The molecule has 0 N–H and O–H groups in total. The van der Waals surface area contributed by atoms with Crippen LogP contribution < -0.4 is 0 Å². The van der Waals surface area contributed by atoms with E-state index in [9.17, 15) is 9.59 Å². The van der Waals surface area contributed by atoms with Crippen molar-refractivity contribution >= 4 is 11.9 Å². The Labute approximate surface area is 81.4 Å². The van der Waals surface area contributed by atoms with Crippen LogP contribution >= 0.6 is 0 Å². The highest BCUT2D eigenvalue weighted by atomic mass is 16.6. The topological polar surface area (TPSA) is 43.4 Å². The number of hydrogen-bond acceptors (Lipinski definition) is 3. The van der Waals surface area contributed by atoms with Gasteiger partial charge in [-0.15, -0.1) is 0 Å². The van der Waals surface area contributed by atoms with Crippen LogP contribution in [0.5, 0.6) is 0 Å². The normalized spacial score (nSPS) is 30.0. The predicted molar refractivity (Wildman–Crippen MR) is 48.2 cm³/mol. The quantitative estimate of drug-likeness (QED) is 0.330. The number of esters is 2. The minimum Gasteiger partial charge on any atom is -0.389 e. The molecule has 1 heterocycles. The molecule has 1 fully saturated rings. The molecule has 3 aliphatic rings. The van der Waals surface area contributed by atoms with Crippen LogP contribution in [0.15, 0.2) is 22.8 Å². The highest BCUT2D eigenvalue weighted by molar-refractivity contribution is 6.09. The fraction of sp³-hybridized carbons (Fsp3) is 0.455. The van der Waals surface area contributed by atoms with Crippen LogP contribution in [0, 0.1) is 5.92 Å². The molecule has 14 heavy (non-hydrogen) atoms. The molecule has 0 amide bonds. The Morgan fingerprint density at radius 1 is 1.29 bits per heavy atom. The number of carbonyl (C=O) groups is 2. The van der Waals surface area contributed by atoms with Gasteiger partial charge in [0.2, 0.25) is 0 Å². The lowest BCUT2D eigenvalue weighted by Crippen LogP contribution is -2.14. The zero-order valence-corrected chi connectivity index (χ0v) is 7.71. The molecule has 0 aromatic rings. The Hall–Kier alpha value is -1.38. The lowest BCUT2D eigenvalue weighted by molar-refractivity contribution is -0.152. The largest absolute Gasteiger partial charge is 0.389 e. The van der Waals surface area contributed by atoms with Gasteiger partial charge in [0.25, 0.3) is 0 Å². The number of allylic oxidation sites excluding steroid dienone is 2. The van der Waals surface area contributed by atoms with Crippen LogP contribution in [-0.2, 0) is 14.3 Å². The second-order valence-electron chi connectivity index (χ2n) is 3.99. The van der Waals surface area contributed by atoms with Gasteiger partial charge in [0.05, 0.1) is 5.57 Å². The Kier molecular flexibility index (Phi) is 1.46. The zero-order valence-electron chi connectivity index (χ0n) is 7.71. The first-order chi connectivity index (χ1) is 6.77. The molecule has 0 bridgehead atoms. The summed E-state index contributed by atoms with van der Waals surface area (Å²) in [7, 11) is 0. The summed E-state index contributed by atoms with van der Waals surface area (Å²) in [6.07, 6.45) is 5.85. The summed E-state index contributed by atoms with van der Waals surface area (Å²) in [5.74, 6) is -1.14. The van der Waals surface area contributed by atoms with Crippen LogP contribution in [0.1, 0.15) is 25.7 Å². The van der Waals surface area contributed by atoms with Crippen molar-refractivity contribution in [3.63, 3.8) is 0 Å². The maximum Gasteiger partial charge on any atom is 0.342 e. The Balaban J connectivity index is 2.08. The summed E-state index contributed by atoms with van der Waals surface area (Å²) in [4.78, 5) is 22.7. The third-order valence-electron chi connectivity index (χ3n) is 3.27. The van der Waals surface area contributed by atoms with E-state index < -0.39 is 5.97 Å². The summed E-state index contributed by atoms with van der Waals surface area (Å²) in [6.45, 7) is 0. The average molecular weight is 190 g/mol. The lowest BCUT2D eigenvalue weighted by Gasteiger charge is -2.15. The van der Waals surface area contributed by atoms with Crippen molar-refractivity contribution in [3.05, 3.63) is 22.8 Å². The standard InChI is InChI=1S/C11H10O3/c12-10-8-5-4-6-2-1-3-7(6)9(8)11(13)14-10/h5,9H,1-4H2. The molecular formula is C11H10O3. The fourth-order valence-corrected chi connectivity index (χ4v) is 2.63. The SMILES string of the molecule is O=C1OC(=O)C2C1=CCC1=C2CCC1.